The summed E-state index contributed by atoms with van der Waals surface area (Å²) in [6, 6.07) is -1.54. The zero-order valence-electron chi connectivity index (χ0n) is 42.5. The lowest BCUT2D eigenvalue weighted by Gasteiger charge is -2.18. The molecule has 0 radical (unpaired) electrons. The van der Waals surface area contributed by atoms with Crippen LogP contribution in [0, 0.1) is 0 Å². The normalized spacial score (nSPS) is 13.6. The molecule has 4 N–H and O–H groups in total. The molecule has 0 aromatic rings. The molecule has 0 fully saturated rings. The molecule has 0 saturated carbocycles. The highest BCUT2D eigenvalue weighted by atomic mass is 31.2. The van der Waals surface area contributed by atoms with E-state index in [9.17, 15) is 34.1 Å². The number of nitrogens with one attached hydrogen (secondary N) is 1. The Morgan fingerprint density at radius 3 is 1.26 bits per heavy atom. The number of carbonyl (C=O) groups is 3. The number of aliphatic hydroxyl groups is 1. The molecular weight excluding hydrogens is 854 g/mol. The maximum absolute atomic E-state index is 12.4. The Bertz CT molecular complexity index is 1210. The van der Waals surface area contributed by atoms with Crippen molar-refractivity contribution in [3.8, 4) is 0 Å². The number of phosphoric acid groups is 1. The lowest BCUT2D eigenvalue weighted by Crippen LogP contribution is -2.43. The van der Waals surface area contributed by atoms with Crippen molar-refractivity contribution in [1.82, 2.24) is 5.32 Å². The summed E-state index contributed by atoms with van der Waals surface area (Å²) in [7, 11) is -4.76. The Balaban J connectivity index is 3.77. The zero-order valence-corrected chi connectivity index (χ0v) is 43.4. The summed E-state index contributed by atoms with van der Waals surface area (Å²) < 4.78 is 27.0. The van der Waals surface area contributed by atoms with Gasteiger partial charge in [-0.05, 0) is 44.9 Å². The van der Waals surface area contributed by atoms with Crippen molar-refractivity contribution in [1.29, 1.82) is 0 Å². The molecule has 0 aromatic heterocycles. The van der Waals surface area contributed by atoms with Crippen molar-refractivity contribution in [3.63, 3.8) is 0 Å². The van der Waals surface area contributed by atoms with Crippen LogP contribution < -0.4 is 5.32 Å². The van der Waals surface area contributed by atoms with Crippen LogP contribution in [-0.4, -0.2) is 64.9 Å². The molecule has 0 heterocycles. The minimum absolute atomic E-state index is 0.151. The Morgan fingerprint density at radius 1 is 0.485 bits per heavy atom. The number of amides is 1. The molecule has 0 aromatic carbocycles. The van der Waals surface area contributed by atoms with Gasteiger partial charge in [0.05, 0.1) is 13.2 Å². The Hall–Kier alpha value is -2.04. The van der Waals surface area contributed by atoms with Gasteiger partial charge in [-0.25, -0.2) is 9.36 Å². The van der Waals surface area contributed by atoms with E-state index in [0.29, 0.717) is 12.8 Å². The fourth-order valence-corrected chi connectivity index (χ4v) is 8.77. The molecule has 0 aliphatic heterocycles. The largest absolute Gasteiger partial charge is 0.480 e. The van der Waals surface area contributed by atoms with Gasteiger partial charge in [0.2, 0.25) is 5.91 Å². The maximum Gasteiger partial charge on any atom is 0.472 e. The van der Waals surface area contributed by atoms with E-state index in [0.717, 1.165) is 44.9 Å². The van der Waals surface area contributed by atoms with E-state index >= 15 is 0 Å². The molecule has 388 valence electrons. The minimum Gasteiger partial charge on any atom is -0.480 e. The number of aliphatic carboxylic acids is 1. The molecule has 0 aliphatic rings. The lowest BCUT2D eigenvalue weighted by atomic mass is 10.0. The summed E-state index contributed by atoms with van der Waals surface area (Å²) >= 11 is 0. The molecule has 3 unspecified atom stereocenters. The van der Waals surface area contributed by atoms with Crippen molar-refractivity contribution in [3.05, 3.63) is 24.3 Å². The highest BCUT2D eigenvalue weighted by Gasteiger charge is 2.28. The second-order valence-corrected chi connectivity index (χ2v) is 20.2. The fourth-order valence-electron chi connectivity index (χ4n) is 8.00. The predicted octanol–water partition coefficient (Wildman–Crippen LogP) is 15.3. The lowest BCUT2D eigenvalue weighted by molar-refractivity contribution is -0.147. The number of phosphoric ester groups is 1. The van der Waals surface area contributed by atoms with Crippen molar-refractivity contribution in [2.45, 2.75) is 283 Å². The molecule has 0 rings (SSSR count). The molecular formula is C54H102NO10P. The van der Waals surface area contributed by atoms with Gasteiger partial charge >= 0.3 is 19.8 Å². The van der Waals surface area contributed by atoms with Crippen molar-refractivity contribution < 1.29 is 47.8 Å². The maximum atomic E-state index is 12.4. The van der Waals surface area contributed by atoms with E-state index in [-0.39, 0.29) is 12.8 Å². The number of allylic oxidation sites excluding steroid dienone is 4. The second kappa shape index (κ2) is 49.4. The standard InChI is InChI=1S/C54H102NO10P/c1-3-5-7-9-11-13-15-17-19-21-23-25-27-29-31-33-35-37-39-41-43-45-52(57)55-51(54(59)60)49-65-66(61,62)64-48-50(56)47-63-53(58)46-44-42-40-38-36-34-32-30-28-26-24-22-20-18-16-14-12-10-8-6-4-2/h12,14,18,20,50-51,56H,3-11,13,15-17,19,21-49H2,1-2H3,(H,55,57)(H,59,60)(H,61,62)/b14-12-,20-18-. The van der Waals surface area contributed by atoms with E-state index < -0.39 is 57.6 Å². The van der Waals surface area contributed by atoms with Crippen LogP contribution >= 0.6 is 7.82 Å². The van der Waals surface area contributed by atoms with E-state index in [2.05, 4.69) is 43.5 Å². The van der Waals surface area contributed by atoms with Gasteiger partial charge in [-0.15, -0.1) is 0 Å². The summed E-state index contributed by atoms with van der Waals surface area (Å²) in [5.41, 5.74) is 0. The van der Waals surface area contributed by atoms with Crippen LogP contribution in [0.25, 0.3) is 0 Å². The quantitative estimate of drug-likeness (QED) is 0.0199. The van der Waals surface area contributed by atoms with Crippen LogP contribution in [0.1, 0.15) is 271 Å². The van der Waals surface area contributed by atoms with Gasteiger partial charge in [0.15, 0.2) is 6.04 Å². The third-order valence-corrected chi connectivity index (χ3v) is 13.2. The molecule has 1 amide bonds. The number of unbranched alkanes of at least 4 members (excludes halogenated alkanes) is 34. The molecule has 0 spiro atoms. The number of ether oxygens (including phenoxy) is 1. The van der Waals surface area contributed by atoms with Gasteiger partial charge in [-0.2, -0.15) is 0 Å². The molecule has 0 aliphatic carbocycles. The van der Waals surface area contributed by atoms with Crippen molar-refractivity contribution in [2.24, 2.45) is 0 Å². The topological polar surface area (TPSA) is 169 Å². The Morgan fingerprint density at radius 2 is 0.833 bits per heavy atom. The summed E-state index contributed by atoms with van der Waals surface area (Å²) in [6.45, 7) is 2.63. The highest BCUT2D eigenvalue weighted by molar-refractivity contribution is 7.47. The summed E-state index contributed by atoms with van der Waals surface area (Å²) in [6.07, 6.45) is 54.8. The van der Waals surface area contributed by atoms with E-state index in [1.165, 1.54) is 186 Å². The third-order valence-electron chi connectivity index (χ3n) is 12.2. The first kappa shape index (κ1) is 64.0. The average molecular weight is 956 g/mol. The number of carbonyl (C=O) groups excluding carboxylic acids is 2. The van der Waals surface area contributed by atoms with Crippen LogP contribution in [0.5, 0.6) is 0 Å². The zero-order chi connectivity index (χ0) is 48.4. The van der Waals surface area contributed by atoms with Crippen LogP contribution in [0.15, 0.2) is 24.3 Å². The Labute approximate surface area is 404 Å². The third kappa shape index (κ3) is 48.4. The number of aliphatic hydroxyl groups excluding tert-OH is 1. The van der Waals surface area contributed by atoms with E-state index in [4.69, 9.17) is 13.8 Å². The number of esters is 1. The van der Waals surface area contributed by atoms with Crippen LogP contribution in [0.4, 0.5) is 0 Å². The Kier molecular flexibility index (Phi) is 47.9. The van der Waals surface area contributed by atoms with Gasteiger partial charge in [-0.1, -0.05) is 237 Å². The average Bonchev–Trinajstić information content (AvgIpc) is 3.29. The van der Waals surface area contributed by atoms with Gasteiger partial charge in [0.1, 0.15) is 12.7 Å². The molecule has 66 heavy (non-hydrogen) atoms. The highest BCUT2D eigenvalue weighted by Crippen LogP contribution is 2.43. The van der Waals surface area contributed by atoms with Gasteiger partial charge in [0.25, 0.3) is 0 Å². The number of carboxylic acid groups (broad SMARTS) is 1. The molecule has 3 atom stereocenters. The molecule has 0 saturated heterocycles. The second-order valence-electron chi connectivity index (χ2n) is 18.8. The van der Waals surface area contributed by atoms with Gasteiger partial charge < -0.3 is 25.2 Å². The van der Waals surface area contributed by atoms with Crippen molar-refractivity contribution in [2.75, 3.05) is 19.8 Å². The summed E-state index contributed by atoms with van der Waals surface area (Å²) in [5, 5.41) is 22.0. The SMILES string of the molecule is CCCCC/C=C\C/C=C\CCCCCCCCCCCCCC(=O)OCC(O)COP(=O)(O)OCC(NC(=O)CCCCCCCCCCCCCCCCCCCCCCC)C(=O)O. The molecule has 11 nitrogen and oxygen atoms in total. The van der Waals surface area contributed by atoms with Crippen LogP contribution in [-0.2, 0) is 32.7 Å². The molecule has 12 heteroatoms. The number of hydrogen-bond donors (Lipinski definition) is 4. The summed E-state index contributed by atoms with van der Waals surface area (Å²) in [4.78, 5) is 46.2. The number of rotatable bonds is 52. The van der Waals surface area contributed by atoms with Gasteiger partial charge in [-0.3, -0.25) is 18.6 Å². The molecule has 0 bridgehead atoms. The summed E-state index contributed by atoms with van der Waals surface area (Å²) in [5.74, 6) is -2.35. The van der Waals surface area contributed by atoms with Crippen molar-refractivity contribution >= 4 is 25.7 Å². The smallest absolute Gasteiger partial charge is 0.472 e. The van der Waals surface area contributed by atoms with Crippen LogP contribution in [0.3, 0.4) is 0 Å². The number of carboxylic acids is 1. The fraction of sp³-hybridized carbons (Fsp3) is 0.870. The first-order valence-corrected chi connectivity index (χ1v) is 28.9. The first-order chi connectivity index (χ1) is 32.1. The first-order valence-electron chi connectivity index (χ1n) is 27.4. The van der Waals surface area contributed by atoms with Gasteiger partial charge in [0, 0.05) is 12.8 Å². The monoisotopic (exact) mass is 956 g/mol. The minimum atomic E-state index is -4.76. The van der Waals surface area contributed by atoms with E-state index in [1.54, 1.807) is 0 Å². The predicted molar refractivity (Wildman–Crippen MR) is 273 cm³/mol. The van der Waals surface area contributed by atoms with E-state index in [1.807, 2.05) is 0 Å². The number of hydrogen-bond acceptors (Lipinski definition) is 8. The van der Waals surface area contributed by atoms with Crippen LogP contribution in [0.2, 0.25) is 0 Å².